The number of hydrogen-bond donors (Lipinski definition) is 0. The lowest BCUT2D eigenvalue weighted by atomic mass is 9.78. The second kappa shape index (κ2) is 13.0. The third kappa shape index (κ3) is 6.51. The molecule has 3 heterocycles. The van der Waals surface area contributed by atoms with Crippen molar-refractivity contribution in [1.29, 1.82) is 0 Å². The summed E-state index contributed by atoms with van der Waals surface area (Å²) in [4.78, 5) is 17.7. The van der Waals surface area contributed by atoms with Gasteiger partial charge in [-0.15, -0.1) is 0 Å². The van der Waals surface area contributed by atoms with E-state index in [-0.39, 0.29) is 0 Å². The molecular formula is C34H42ClN5O. The maximum absolute atomic E-state index is 6.30. The fourth-order valence-electron chi connectivity index (χ4n) is 6.69. The number of benzene rings is 2. The first kappa shape index (κ1) is 28.4. The van der Waals surface area contributed by atoms with Crippen molar-refractivity contribution < 1.29 is 4.74 Å². The monoisotopic (exact) mass is 571 g/mol. The summed E-state index contributed by atoms with van der Waals surface area (Å²) in [5, 5.41) is 1.92. The molecule has 1 aliphatic carbocycles. The van der Waals surface area contributed by atoms with Crippen LogP contribution in [-0.2, 0) is 11.3 Å². The van der Waals surface area contributed by atoms with Crippen LogP contribution in [0, 0.1) is 11.8 Å². The number of piperazine rings is 1. The number of hydrogen-bond acceptors (Lipinski definition) is 6. The third-order valence-corrected chi connectivity index (χ3v) is 9.09. The minimum Gasteiger partial charge on any atom is -0.378 e. The molecule has 1 aromatic heterocycles. The number of morpholine rings is 1. The van der Waals surface area contributed by atoms with E-state index >= 15 is 0 Å². The van der Waals surface area contributed by atoms with Gasteiger partial charge in [-0.25, -0.2) is 9.97 Å². The van der Waals surface area contributed by atoms with E-state index in [1.165, 1.54) is 17.6 Å². The van der Waals surface area contributed by atoms with E-state index in [4.69, 9.17) is 26.3 Å². The van der Waals surface area contributed by atoms with Crippen molar-refractivity contribution in [2.75, 3.05) is 57.4 Å². The first-order valence-electron chi connectivity index (χ1n) is 15.3. The molecule has 2 unspecified atom stereocenters. The number of fused-ring (bicyclic) bond motifs is 1. The molecule has 0 radical (unpaired) electrons. The van der Waals surface area contributed by atoms with E-state index in [0.717, 1.165) is 93.0 Å². The SMILES string of the molecule is CCCC1=CC(C)[C@@H](C(c2ccc(Cl)cc2)N2CCN(Cc3nc(N4CCOCC4)c4ccccc4n3)CC2)C=C1. The molecule has 3 aliphatic rings. The van der Waals surface area contributed by atoms with Crippen molar-refractivity contribution in [3.8, 4) is 0 Å². The van der Waals surface area contributed by atoms with Crippen LogP contribution >= 0.6 is 11.6 Å². The Morgan fingerprint density at radius 3 is 2.44 bits per heavy atom. The Balaban J connectivity index is 1.18. The Hall–Kier alpha value is -2.77. The minimum absolute atomic E-state index is 0.324. The fraction of sp³-hybridized carbons (Fsp3) is 0.471. The van der Waals surface area contributed by atoms with Gasteiger partial charge in [-0.05, 0) is 42.2 Å². The zero-order chi connectivity index (χ0) is 28.2. The second-order valence-corrected chi connectivity index (χ2v) is 12.1. The van der Waals surface area contributed by atoms with Crippen molar-refractivity contribution in [2.45, 2.75) is 39.3 Å². The van der Waals surface area contributed by atoms with Crippen LogP contribution in [0.5, 0.6) is 0 Å². The molecule has 0 bridgehead atoms. The van der Waals surface area contributed by atoms with E-state index in [1.807, 2.05) is 12.1 Å². The molecule has 3 atom stereocenters. The topological polar surface area (TPSA) is 44.7 Å². The van der Waals surface area contributed by atoms with Crippen molar-refractivity contribution >= 4 is 28.3 Å². The van der Waals surface area contributed by atoms with Crippen molar-refractivity contribution in [3.05, 3.63) is 88.7 Å². The molecule has 6 nitrogen and oxygen atoms in total. The van der Waals surface area contributed by atoms with Gasteiger partial charge < -0.3 is 9.64 Å². The van der Waals surface area contributed by atoms with Gasteiger partial charge in [-0.2, -0.15) is 0 Å². The number of aromatic nitrogens is 2. The molecule has 41 heavy (non-hydrogen) atoms. The number of ether oxygens (including phenoxy) is 1. The smallest absolute Gasteiger partial charge is 0.145 e. The molecule has 0 amide bonds. The van der Waals surface area contributed by atoms with Gasteiger partial charge >= 0.3 is 0 Å². The Bertz CT molecular complexity index is 1380. The molecule has 3 aromatic rings. The Morgan fingerprint density at radius 2 is 1.71 bits per heavy atom. The number of halogens is 1. The molecule has 0 saturated carbocycles. The summed E-state index contributed by atoms with van der Waals surface area (Å²) in [7, 11) is 0. The minimum atomic E-state index is 0.324. The van der Waals surface area contributed by atoms with Gasteiger partial charge in [0.05, 0.1) is 25.3 Å². The van der Waals surface area contributed by atoms with Crippen LogP contribution in [0.3, 0.4) is 0 Å². The number of nitrogens with zero attached hydrogens (tertiary/aromatic N) is 5. The molecule has 216 valence electrons. The fourth-order valence-corrected chi connectivity index (χ4v) is 6.82. The van der Waals surface area contributed by atoms with Crippen LogP contribution in [0.25, 0.3) is 10.9 Å². The highest BCUT2D eigenvalue weighted by Gasteiger charge is 2.34. The van der Waals surface area contributed by atoms with Crippen molar-refractivity contribution in [3.63, 3.8) is 0 Å². The van der Waals surface area contributed by atoms with E-state index in [0.29, 0.717) is 17.9 Å². The lowest BCUT2D eigenvalue weighted by molar-refractivity contribution is 0.0660. The molecule has 2 aromatic carbocycles. The molecule has 6 rings (SSSR count). The van der Waals surface area contributed by atoms with Crippen molar-refractivity contribution in [2.24, 2.45) is 11.8 Å². The number of rotatable bonds is 8. The normalized spacial score (nSPS) is 23.1. The van der Waals surface area contributed by atoms with Crippen LogP contribution in [0.1, 0.15) is 44.1 Å². The van der Waals surface area contributed by atoms with Gasteiger partial charge in [-0.3, -0.25) is 9.80 Å². The summed E-state index contributed by atoms with van der Waals surface area (Å²) in [5.74, 6) is 2.88. The highest BCUT2D eigenvalue weighted by Crippen LogP contribution is 2.39. The second-order valence-electron chi connectivity index (χ2n) is 11.7. The standard InChI is InChI=1S/C34H42ClN5O/c1-3-6-26-9-14-29(25(2)23-26)33(27-10-12-28(35)13-11-27)39-17-15-38(16-18-39)24-32-36-31-8-5-4-7-30(31)34(37-32)40-19-21-41-22-20-40/h4-5,7-14,23,25,29,33H,3,6,15-22,24H2,1-2H3/t25?,29-,33?/m0/s1. The molecule has 2 saturated heterocycles. The molecular weight excluding hydrogens is 530 g/mol. The molecule has 2 aliphatic heterocycles. The predicted octanol–water partition coefficient (Wildman–Crippen LogP) is 6.53. The maximum Gasteiger partial charge on any atom is 0.145 e. The summed E-state index contributed by atoms with van der Waals surface area (Å²) >= 11 is 6.30. The summed E-state index contributed by atoms with van der Waals surface area (Å²) in [6.07, 6.45) is 9.68. The van der Waals surface area contributed by atoms with Gasteiger partial charge in [0, 0.05) is 61.6 Å². The van der Waals surface area contributed by atoms with Crippen LogP contribution < -0.4 is 4.90 Å². The van der Waals surface area contributed by atoms with Crippen molar-refractivity contribution in [1.82, 2.24) is 19.8 Å². The van der Waals surface area contributed by atoms with Crippen LogP contribution in [0.15, 0.2) is 72.3 Å². The lowest BCUT2D eigenvalue weighted by Crippen LogP contribution is -2.49. The van der Waals surface area contributed by atoms with Gasteiger partial charge in [0.1, 0.15) is 11.6 Å². The lowest BCUT2D eigenvalue weighted by Gasteiger charge is -2.43. The Labute approximate surface area is 249 Å². The zero-order valence-corrected chi connectivity index (χ0v) is 25.1. The van der Waals surface area contributed by atoms with E-state index < -0.39 is 0 Å². The molecule has 7 heteroatoms. The summed E-state index contributed by atoms with van der Waals surface area (Å²) in [5.41, 5.74) is 3.85. The average molecular weight is 572 g/mol. The quantitative estimate of drug-likeness (QED) is 0.306. The Kier molecular flexibility index (Phi) is 9.01. The van der Waals surface area contributed by atoms with Gasteiger partial charge in [0.2, 0.25) is 0 Å². The van der Waals surface area contributed by atoms with Gasteiger partial charge in [-0.1, -0.05) is 79.9 Å². The van der Waals surface area contributed by atoms with E-state index in [2.05, 4.69) is 83.2 Å². The van der Waals surface area contributed by atoms with Crippen LogP contribution in [-0.4, -0.2) is 72.3 Å². The third-order valence-electron chi connectivity index (χ3n) is 8.84. The summed E-state index contributed by atoms with van der Waals surface area (Å²) in [6, 6.07) is 17.2. The molecule has 0 spiro atoms. The molecule has 2 fully saturated rings. The van der Waals surface area contributed by atoms with E-state index in [1.54, 1.807) is 0 Å². The average Bonchev–Trinajstić information content (AvgIpc) is 3.00. The number of anilines is 1. The Morgan fingerprint density at radius 1 is 0.951 bits per heavy atom. The zero-order valence-electron chi connectivity index (χ0n) is 24.4. The van der Waals surface area contributed by atoms with Gasteiger partial charge in [0.25, 0.3) is 0 Å². The maximum atomic E-state index is 6.30. The predicted molar refractivity (Wildman–Crippen MR) is 168 cm³/mol. The first-order chi connectivity index (χ1) is 20.1. The summed E-state index contributed by atoms with van der Waals surface area (Å²) in [6.45, 7) is 12.7. The highest BCUT2D eigenvalue weighted by atomic mass is 35.5. The largest absolute Gasteiger partial charge is 0.378 e. The van der Waals surface area contributed by atoms with E-state index in [9.17, 15) is 0 Å². The first-order valence-corrected chi connectivity index (χ1v) is 15.7. The summed E-state index contributed by atoms with van der Waals surface area (Å²) < 4.78 is 5.61. The highest BCUT2D eigenvalue weighted by molar-refractivity contribution is 6.30. The molecule has 0 N–H and O–H groups in total. The van der Waals surface area contributed by atoms with Gasteiger partial charge in [0.15, 0.2) is 0 Å². The van der Waals surface area contributed by atoms with Crippen LogP contribution in [0.4, 0.5) is 5.82 Å². The number of para-hydroxylation sites is 1. The number of allylic oxidation sites excluding steroid dienone is 3. The van der Waals surface area contributed by atoms with Crippen LogP contribution in [0.2, 0.25) is 5.02 Å².